The Morgan fingerprint density at radius 2 is 0.914 bits per heavy atom. The van der Waals surface area contributed by atoms with Crippen molar-refractivity contribution in [2.75, 3.05) is 0 Å². The van der Waals surface area contributed by atoms with Gasteiger partial charge in [-0.1, -0.05) is 166 Å². The molecule has 0 radical (unpaired) electrons. The Kier molecular flexibility index (Phi) is 8.06. The lowest BCUT2D eigenvalue weighted by molar-refractivity contribution is 0.660. The van der Waals surface area contributed by atoms with E-state index < -0.39 is 0 Å². The lowest BCUT2D eigenvalue weighted by atomic mass is 9.82. The van der Waals surface area contributed by atoms with Gasteiger partial charge >= 0.3 is 0 Å². The van der Waals surface area contributed by atoms with Crippen molar-refractivity contribution < 1.29 is 0 Å². The fourth-order valence-electron chi connectivity index (χ4n) is 8.92. The summed E-state index contributed by atoms with van der Waals surface area (Å²) < 4.78 is 2.59. The van der Waals surface area contributed by atoms with Crippen LogP contribution in [0.3, 0.4) is 0 Å². The molecule has 58 heavy (non-hydrogen) atoms. The molecular weight excluding hydrogens is 721 g/mol. The van der Waals surface area contributed by atoms with Gasteiger partial charge in [-0.15, -0.1) is 11.3 Å². The molecule has 0 atom stereocenters. The maximum atomic E-state index is 5.29. The first-order chi connectivity index (χ1) is 28.5. The first kappa shape index (κ1) is 34.3. The predicted molar refractivity (Wildman–Crippen MR) is 245 cm³/mol. The Bertz CT molecular complexity index is 3140. The molecule has 0 saturated carbocycles. The molecule has 0 amide bonds. The van der Waals surface area contributed by atoms with Gasteiger partial charge in [0.05, 0.1) is 11.4 Å². The summed E-state index contributed by atoms with van der Waals surface area (Å²) in [5, 5.41) is 2.58. The molecule has 10 aromatic rings. The monoisotopic (exact) mass is 758 g/mol. The van der Waals surface area contributed by atoms with Crippen LogP contribution in [0.15, 0.2) is 194 Å². The van der Waals surface area contributed by atoms with Crippen LogP contribution in [0.5, 0.6) is 0 Å². The highest BCUT2D eigenvalue weighted by atomic mass is 32.1. The number of benzene rings is 8. The molecule has 1 aliphatic rings. The third-order valence-corrected chi connectivity index (χ3v) is 13.1. The van der Waals surface area contributed by atoms with E-state index in [1.807, 2.05) is 35.6 Å². The van der Waals surface area contributed by atoms with E-state index in [0.717, 1.165) is 44.8 Å². The van der Waals surface area contributed by atoms with E-state index in [2.05, 4.69) is 184 Å². The van der Waals surface area contributed by atoms with Crippen LogP contribution in [0.4, 0.5) is 0 Å². The summed E-state index contributed by atoms with van der Waals surface area (Å²) in [5.74, 6) is 0.707. The summed E-state index contributed by atoms with van der Waals surface area (Å²) >= 11 is 1.86. The van der Waals surface area contributed by atoms with Crippen LogP contribution < -0.4 is 0 Å². The van der Waals surface area contributed by atoms with Crippen molar-refractivity contribution >= 4 is 31.5 Å². The molecule has 0 saturated heterocycles. The maximum absolute atomic E-state index is 5.29. The average molecular weight is 759 g/mol. The van der Waals surface area contributed by atoms with E-state index in [-0.39, 0.29) is 5.41 Å². The number of rotatable bonds is 6. The summed E-state index contributed by atoms with van der Waals surface area (Å²) in [6.45, 7) is 4.68. The molecule has 0 spiro atoms. The number of thiophene rings is 1. The van der Waals surface area contributed by atoms with Crippen molar-refractivity contribution in [2.24, 2.45) is 0 Å². The molecule has 2 nitrogen and oxygen atoms in total. The Morgan fingerprint density at radius 1 is 0.362 bits per heavy atom. The molecule has 0 fully saturated rings. The molecule has 274 valence electrons. The van der Waals surface area contributed by atoms with Gasteiger partial charge in [-0.2, -0.15) is 0 Å². The van der Waals surface area contributed by atoms with Crippen LogP contribution in [0.1, 0.15) is 25.0 Å². The molecule has 8 aromatic carbocycles. The van der Waals surface area contributed by atoms with Crippen LogP contribution in [0.2, 0.25) is 0 Å². The van der Waals surface area contributed by atoms with Crippen LogP contribution in [-0.2, 0) is 5.41 Å². The van der Waals surface area contributed by atoms with Crippen LogP contribution >= 0.6 is 11.3 Å². The molecule has 11 rings (SSSR count). The molecular formula is C55H38N2S. The van der Waals surface area contributed by atoms with Crippen molar-refractivity contribution in [3.05, 3.63) is 205 Å². The van der Waals surface area contributed by atoms with Gasteiger partial charge in [0.25, 0.3) is 0 Å². The minimum atomic E-state index is -0.0256. The summed E-state index contributed by atoms with van der Waals surface area (Å²) in [6, 6.07) is 70.2. The zero-order valence-electron chi connectivity index (χ0n) is 32.3. The highest BCUT2D eigenvalue weighted by Crippen LogP contribution is 2.50. The fourth-order valence-corrected chi connectivity index (χ4v) is 10.2. The summed E-state index contributed by atoms with van der Waals surface area (Å²) in [7, 11) is 0. The van der Waals surface area contributed by atoms with Gasteiger partial charge in [0, 0.05) is 42.3 Å². The second-order valence-electron chi connectivity index (χ2n) is 15.8. The molecule has 0 unspecified atom stereocenters. The Morgan fingerprint density at radius 3 is 1.74 bits per heavy atom. The van der Waals surface area contributed by atoms with Gasteiger partial charge in [-0.3, -0.25) is 0 Å². The number of fused-ring (bicyclic) bond motifs is 6. The maximum Gasteiger partial charge on any atom is 0.160 e. The fraction of sp³-hybridized carbons (Fsp3) is 0.0545. The number of hydrogen-bond donors (Lipinski definition) is 0. The zero-order chi connectivity index (χ0) is 38.8. The molecule has 0 N–H and O–H groups in total. The van der Waals surface area contributed by atoms with Gasteiger partial charge in [0.15, 0.2) is 5.82 Å². The summed E-state index contributed by atoms with van der Waals surface area (Å²) in [4.78, 5) is 10.4. The smallest absolute Gasteiger partial charge is 0.160 e. The van der Waals surface area contributed by atoms with Crippen molar-refractivity contribution in [1.29, 1.82) is 0 Å². The number of hydrogen-bond acceptors (Lipinski definition) is 3. The van der Waals surface area contributed by atoms with Crippen LogP contribution in [-0.4, -0.2) is 9.97 Å². The van der Waals surface area contributed by atoms with Crippen molar-refractivity contribution in [3.8, 4) is 78.4 Å². The molecule has 0 aliphatic heterocycles. The largest absolute Gasteiger partial charge is 0.228 e. The molecule has 0 bridgehead atoms. The molecule has 3 heteroatoms. The van der Waals surface area contributed by atoms with E-state index in [1.165, 1.54) is 59.1 Å². The third-order valence-electron chi connectivity index (χ3n) is 11.9. The summed E-state index contributed by atoms with van der Waals surface area (Å²) in [6.07, 6.45) is 0. The van der Waals surface area contributed by atoms with Gasteiger partial charge in [-0.25, -0.2) is 9.97 Å². The summed E-state index contributed by atoms with van der Waals surface area (Å²) in [5.41, 5.74) is 17.4. The topological polar surface area (TPSA) is 25.8 Å². The molecule has 1 aliphatic carbocycles. The van der Waals surface area contributed by atoms with E-state index in [9.17, 15) is 0 Å². The van der Waals surface area contributed by atoms with Crippen molar-refractivity contribution in [1.82, 2.24) is 9.97 Å². The van der Waals surface area contributed by atoms with Crippen molar-refractivity contribution in [3.63, 3.8) is 0 Å². The highest BCUT2D eigenvalue weighted by molar-refractivity contribution is 7.26. The highest BCUT2D eigenvalue weighted by Gasteiger charge is 2.35. The zero-order valence-corrected chi connectivity index (χ0v) is 33.1. The average Bonchev–Trinajstić information content (AvgIpc) is 3.78. The van der Waals surface area contributed by atoms with Crippen LogP contribution in [0.25, 0.3) is 98.6 Å². The minimum absolute atomic E-state index is 0.0256. The van der Waals surface area contributed by atoms with Gasteiger partial charge < -0.3 is 0 Å². The number of aromatic nitrogens is 2. The van der Waals surface area contributed by atoms with E-state index in [4.69, 9.17) is 9.97 Å². The Balaban J connectivity index is 1.11. The SMILES string of the molecule is CC1(C)c2ccccc2-c2cc(-c3cccc(-c4cc(-c5cc(-c6ccccc6)nc(-c6ccccc6)n5)cc(-c5cccc6c5sc5ccccc56)c4)c3)ccc21. The first-order valence-corrected chi connectivity index (χ1v) is 20.7. The van der Waals surface area contributed by atoms with E-state index in [0.29, 0.717) is 5.82 Å². The third kappa shape index (κ3) is 5.78. The van der Waals surface area contributed by atoms with Gasteiger partial charge in [-0.05, 0) is 98.1 Å². The molecule has 2 heterocycles. The Labute approximate surface area is 342 Å². The minimum Gasteiger partial charge on any atom is -0.228 e. The van der Waals surface area contributed by atoms with Crippen LogP contribution in [0, 0.1) is 0 Å². The van der Waals surface area contributed by atoms with Gasteiger partial charge in [0.2, 0.25) is 0 Å². The van der Waals surface area contributed by atoms with Gasteiger partial charge in [0.1, 0.15) is 0 Å². The predicted octanol–water partition coefficient (Wildman–Crippen LogP) is 15.2. The lowest BCUT2D eigenvalue weighted by Crippen LogP contribution is -2.14. The Hall–Kier alpha value is -6.94. The van der Waals surface area contributed by atoms with Crippen molar-refractivity contribution in [2.45, 2.75) is 19.3 Å². The van der Waals surface area contributed by atoms with E-state index >= 15 is 0 Å². The standard InChI is InChI=1S/C55H38N2S/c1-55(2)48-25-11-9-21-44(48)47-33-39(27-28-49(47)55)37-19-13-20-38(29-37)40-30-41(43-23-14-24-46-45-22-10-12-26-52(45)58-53(43)46)32-42(31-40)51-34-50(35-15-5-3-6-16-35)56-54(57-51)36-17-7-4-8-18-36/h3-34H,1-2H3. The van der Waals surface area contributed by atoms with E-state index in [1.54, 1.807) is 0 Å². The normalized spacial score (nSPS) is 12.8. The second kappa shape index (κ2) is 13.6. The first-order valence-electron chi connectivity index (χ1n) is 19.9. The molecule has 2 aromatic heterocycles. The quantitative estimate of drug-likeness (QED) is 0.169. The second-order valence-corrected chi connectivity index (χ2v) is 16.8. The number of nitrogens with zero attached hydrogens (tertiary/aromatic N) is 2. The lowest BCUT2D eigenvalue weighted by Gasteiger charge is -2.21.